The highest BCUT2D eigenvalue weighted by Crippen LogP contribution is 2.15. The number of rotatable bonds is 6. The molecule has 1 aromatic rings. The van der Waals surface area contributed by atoms with E-state index in [1.54, 1.807) is 19.1 Å². The standard InChI is InChI=1S/C13H21NO3S/c1-10-6-7-13(9-11(10)2)18(16,17)14-12(3)5-4-8-15/h6-7,9,12,14-15H,4-5,8H2,1-3H3. The molecular formula is C13H21NO3S. The first kappa shape index (κ1) is 15.1. The molecule has 1 atom stereocenters. The van der Waals surface area contributed by atoms with Gasteiger partial charge in [-0.3, -0.25) is 0 Å². The van der Waals surface area contributed by atoms with Crippen LogP contribution in [0.2, 0.25) is 0 Å². The summed E-state index contributed by atoms with van der Waals surface area (Å²) in [5.41, 5.74) is 2.03. The van der Waals surface area contributed by atoms with Crippen molar-refractivity contribution in [3.05, 3.63) is 29.3 Å². The van der Waals surface area contributed by atoms with Gasteiger partial charge in [-0.1, -0.05) is 6.07 Å². The summed E-state index contributed by atoms with van der Waals surface area (Å²) in [6, 6.07) is 4.92. The lowest BCUT2D eigenvalue weighted by Crippen LogP contribution is -2.32. The van der Waals surface area contributed by atoms with E-state index in [0.717, 1.165) is 11.1 Å². The van der Waals surface area contributed by atoms with Crippen molar-refractivity contribution in [2.75, 3.05) is 6.61 Å². The van der Waals surface area contributed by atoms with Crippen LogP contribution in [0.15, 0.2) is 23.1 Å². The fraction of sp³-hybridized carbons (Fsp3) is 0.538. The van der Waals surface area contributed by atoms with Gasteiger partial charge in [0.2, 0.25) is 10.0 Å². The molecule has 0 aliphatic heterocycles. The van der Waals surface area contributed by atoms with Crippen LogP contribution in [-0.4, -0.2) is 26.2 Å². The van der Waals surface area contributed by atoms with E-state index in [4.69, 9.17) is 5.11 Å². The van der Waals surface area contributed by atoms with E-state index in [2.05, 4.69) is 4.72 Å². The van der Waals surface area contributed by atoms with Gasteiger partial charge in [-0.05, 0) is 56.9 Å². The van der Waals surface area contributed by atoms with Crippen LogP contribution in [0.5, 0.6) is 0 Å². The summed E-state index contributed by atoms with van der Waals surface area (Å²) in [5, 5.41) is 8.72. The monoisotopic (exact) mass is 271 g/mol. The van der Waals surface area contributed by atoms with Gasteiger partial charge in [0.25, 0.3) is 0 Å². The number of aliphatic hydroxyl groups excluding tert-OH is 1. The lowest BCUT2D eigenvalue weighted by Gasteiger charge is -2.14. The Morgan fingerprint density at radius 2 is 1.94 bits per heavy atom. The van der Waals surface area contributed by atoms with Crippen molar-refractivity contribution in [3.63, 3.8) is 0 Å². The molecule has 5 heteroatoms. The van der Waals surface area contributed by atoms with Gasteiger partial charge >= 0.3 is 0 Å². The molecule has 4 nitrogen and oxygen atoms in total. The molecular weight excluding hydrogens is 250 g/mol. The van der Waals surface area contributed by atoms with Crippen molar-refractivity contribution in [2.24, 2.45) is 0 Å². The van der Waals surface area contributed by atoms with Crippen LogP contribution >= 0.6 is 0 Å². The van der Waals surface area contributed by atoms with Crippen molar-refractivity contribution in [1.82, 2.24) is 4.72 Å². The molecule has 0 heterocycles. The van der Waals surface area contributed by atoms with E-state index in [-0.39, 0.29) is 12.6 Å². The lowest BCUT2D eigenvalue weighted by molar-refractivity contribution is 0.279. The second-order valence-electron chi connectivity index (χ2n) is 4.63. The lowest BCUT2D eigenvalue weighted by atomic mass is 10.1. The van der Waals surface area contributed by atoms with E-state index in [9.17, 15) is 8.42 Å². The number of hydrogen-bond donors (Lipinski definition) is 2. The molecule has 0 saturated carbocycles. The molecule has 1 aromatic carbocycles. The van der Waals surface area contributed by atoms with Crippen LogP contribution in [0.25, 0.3) is 0 Å². The second kappa shape index (κ2) is 6.31. The molecule has 0 radical (unpaired) electrons. The molecule has 0 aliphatic rings. The molecule has 0 fully saturated rings. The van der Waals surface area contributed by atoms with Crippen LogP contribution in [0.4, 0.5) is 0 Å². The Kier molecular flexibility index (Phi) is 5.31. The number of aryl methyl sites for hydroxylation is 2. The largest absolute Gasteiger partial charge is 0.396 e. The Hall–Kier alpha value is -0.910. The van der Waals surface area contributed by atoms with Crippen molar-refractivity contribution < 1.29 is 13.5 Å². The number of hydrogen-bond acceptors (Lipinski definition) is 3. The topological polar surface area (TPSA) is 66.4 Å². The number of nitrogens with one attached hydrogen (secondary N) is 1. The molecule has 2 N–H and O–H groups in total. The van der Waals surface area contributed by atoms with E-state index in [0.29, 0.717) is 17.7 Å². The van der Waals surface area contributed by atoms with Gasteiger partial charge in [-0.2, -0.15) is 0 Å². The molecule has 102 valence electrons. The molecule has 0 aliphatic carbocycles. The number of benzene rings is 1. The average molecular weight is 271 g/mol. The quantitative estimate of drug-likeness (QED) is 0.828. The Labute approximate surface area is 109 Å². The van der Waals surface area contributed by atoms with E-state index in [1.165, 1.54) is 0 Å². The summed E-state index contributed by atoms with van der Waals surface area (Å²) in [5.74, 6) is 0. The molecule has 0 amide bonds. The zero-order valence-electron chi connectivity index (χ0n) is 11.1. The van der Waals surface area contributed by atoms with Crippen LogP contribution < -0.4 is 4.72 Å². The van der Waals surface area contributed by atoms with Crippen molar-refractivity contribution in [1.29, 1.82) is 0 Å². The highest BCUT2D eigenvalue weighted by atomic mass is 32.2. The summed E-state index contributed by atoms with van der Waals surface area (Å²) in [6.45, 7) is 5.72. The Morgan fingerprint density at radius 1 is 1.28 bits per heavy atom. The van der Waals surface area contributed by atoms with Gasteiger partial charge in [0.1, 0.15) is 0 Å². The Morgan fingerprint density at radius 3 is 2.50 bits per heavy atom. The predicted molar refractivity (Wildman–Crippen MR) is 72.0 cm³/mol. The highest BCUT2D eigenvalue weighted by molar-refractivity contribution is 7.89. The van der Waals surface area contributed by atoms with Crippen molar-refractivity contribution in [3.8, 4) is 0 Å². The number of sulfonamides is 1. The smallest absolute Gasteiger partial charge is 0.240 e. The van der Waals surface area contributed by atoms with Gasteiger partial charge in [0.15, 0.2) is 0 Å². The molecule has 1 unspecified atom stereocenters. The Bertz CT molecular complexity index is 497. The summed E-state index contributed by atoms with van der Waals surface area (Å²) in [4.78, 5) is 0.293. The zero-order chi connectivity index (χ0) is 13.8. The number of aliphatic hydroxyl groups is 1. The maximum absolute atomic E-state index is 12.1. The SMILES string of the molecule is Cc1ccc(S(=O)(=O)NC(C)CCCO)cc1C. The summed E-state index contributed by atoms with van der Waals surface area (Å²) in [6.07, 6.45) is 1.22. The normalized spacial score (nSPS) is 13.6. The molecule has 1 rings (SSSR count). The summed E-state index contributed by atoms with van der Waals surface area (Å²) >= 11 is 0. The minimum atomic E-state index is -3.46. The molecule has 18 heavy (non-hydrogen) atoms. The average Bonchev–Trinajstić information content (AvgIpc) is 2.29. The fourth-order valence-electron chi connectivity index (χ4n) is 1.67. The van der Waals surface area contributed by atoms with Gasteiger partial charge in [0.05, 0.1) is 4.90 Å². The van der Waals surface area contributed by atoms with Crippen molar-refractivity contribution in [2.45, 2.75) is 44.6 Å². The minimum absolute atomic E-state index is 0.0791. The molecule has 0 bridgehead atoms. The third-order valence-electron chi connectivity index (χ3n) is 2.94. The van der Waals surface area contributed by atoms with Crippen LogP contribution in [0.3, 0.4) is 0 Å². The first-order valence-electron chi connectivity index (χ1n) is 6.07. The second-order valence-corrected chi connectivity index (χ2v) is 6.35. The van der Waals surface area contributed by atoms with E-state index in [1.807, 2.05) is 19.9 Å². The summed E-state index contributed by atoms with van der Waals surface area (Å²) < 4.78 is 26.8. The zero-order valence-corrected chi connectivity index (χ0v) is 11.9. The van der Waals surface area contributed by atoms with E-state index >= 15 is 0 Å². The first-order valence-corrected chi connectivity index (χ1v) is 7.55. The van der Waals surface area contributed by atoms with Gasteiger partial charge in [0, 0.05) is 12.6 Å². The molecule has 0 saturated heterocycles. The van der Waals surface area contributed by atoms with E-state index < -0.39 is 10.0 Å². The first-order chi connectivity index (χ1) is 8.36. The maximum Gasteiger partial charge on any atom is 0.240 e. The third-order valence-corrected chi connectivity index (χ3v) is 4.53. The fourth-order valence-corrected chi connectivity index (χ4v) is 3.03. The molecule has 0 spiro atoms. The van der Waals surface area contributed by atoms with Crippen LogP contribution in [0, 0.1) is 13.8 Å². The molecule has 0 aromatic heterocycles. The maximum atomic E-state index is 12.1. The Balaban J connectivity index is 2.83. The van der Waals surface area contributed by atoms with Gasteiger partial charge in [-0.15, -0.1) is 0 Å². The summed E-state index contributed by atoms with van der Waals surface area (Å²) in [7, 11) is -3.46. The van der Waals surface area contributed by atoms with Crippen LogP contribution in [-0.2, 0) is 10.0 Å². The van der Waals surface area contributed by atoms with Gasteiger partial charge < -0.3 is 5.11 Å². The third kappa shape index (κ3) is 4.08. The van der Waals surface area contributed by atoms with Crippen LogP contribution in [0.1, 0.15) is 30.9 Å². The minimum Gasteiger partial charge on any atom is -0.396 e. The predicted octanol–water partition coefficient (Wildman–Crippen LogP) is 1.74. The van der Waals surface area contributed by atoms with Gasteiger partial charge in [-0.25, -0.2) is 13.1 Å². The van der Waals surface area contributed by atoms with Crippen molar-refractivity contribution >= 4 is 10.0 Å². The highest BCUT2D eigenvalue weighted by Gasteiger charge is 2.17.